The smallest absolute Gasteiger partial charge is 0.268 e. The van der Waals surface area contributed by atoms with Crippen LogP contribution in [0.5, 0.6) is 5.75 Å². The summed E-state index contributed by atoms with van der Waals surface area (Å²) in [7, 11) is 3.06. The highest BCUT2D eigenvalue weighted by Gasteiger charge is 2.25. The number of nitrogens with zero attached hydrogens (tertiary/aromatic N) is 3. The molecule has 0 bridgehead atoms. The lowest BCUT2D eigenvalue weighted by Gasteiger charge is -2.20. The number of hydrogen-bond acceptors (Lipinski definition) is 7. The van der Waals surface area contributed by atoms with Crippen LogP contribution in [0, 0.1) is 5.82 Å². The van der Waals surface area contributed by atoms with E-state index >= 15 is 0 Å². The van der Waals surface area contributed by atoms with Gasteiger partial charge in [0.05, 0.1) is 18.7 Å². The van der Waals surface area contributed by atoms with Gasteiger partial charge in [-0.3, -0.25) is 23.9 Å². The van der Waals surface area contributed by atoms with Crippen molar-refractivity contribution >= 4 is 22.8 Å². The molecule has 2 heterocycles. The van der Waals surface area contributed by atoms with E-state index in [0.29, 0.717) is 18.6 Å². The molecule has 2 amide bonds. The Balaban J connectivity index is 2.12. The molecule has 0 saturated carbocycles. The lowest BCUT2D eigenvalue weighted by Crippen LogP contribution is -2.41. The summed E-state index contributed by atoms with van der Waals surface area (Å²) in [6, 6.07) is 6.83. The van der Waals surface area contributed by atoms with Crippen molar-refractivity contribution in [3.63, 3.8) is 0 Å². The van der Waals surface area contributed by atoms with Gasteiger partial charge in [0.15, 0.2) is 5.75 Å². The van der Waals surface area contributed by atoms with Crippen LogP contribution in [-0.4, -0.2) is 76.4 Å². The first-order valence-electron chi connectivity index (χ1n) is 11.3. The first kappa shape index (κ1) is 26.8. The zero-order chi connectivity index (χ0) is 26.4. The second-order valence-electron chi connectivity index (χ2n) is 8.49. The average molecular weight is 501 g/mol. The van der Waals surface area contributed by atoms with E-state index in [9.17, 15) is 29.0 Å². The summed E-state index contributed by atoms with van der Waals surface area (Å²) in [5.41, 5.74) is 0.114. The fraction of sp³-hybridized carbons (Fsp3) is 0.360. The van der Waals surface area contributed by atoms with Crippen LogP contribution in [0.2, 0.25) is 0 Å². The highest BCUT2D eigenvalue weighted by Crippen LogP contribution is 2.26. The number of benzene rings is 1. The first-order valence-corrected chi connectivity index (χ1v) is 11.3. The van der Waals surface area contributed by atoms with E-state index in [1.807, 2.05) is 0 Å². The standard InChI is InChI=1S/C25H29FN4O6/c1-15(14-31)28-24(34)21-23(33)22-19(30(25(21)35)13-20(32)29(2)8-9-36-3)11-17(12-27-22)10-16-4-6-18(26)7-5-16/h4-7,11-12,15,31,33H,8-10,13-14H2,1-3H3,(H,28,34). The number of rotatable bonds is 10. The predicted molar refractivity (Wildman–Crippen MR) is 130 cm³/mol. The third-order valence-electron chi connectivity index (χ3n) is 5.68. The van der Waals surface area contributed by atoms with Crippen LogP contribution in [0.4, 0.5) is 4.39 Å². The number of amides is 2. The van der Waals surface area contributed by atoms with Crippen LogP contribution in [0.25, 0.3) is 11.0 Å². The second kappa shape index (κ2) is 11.7. The van der Waals surface area contributed by atoms with Crippen molar-refractivity contribution in [3.05, 3.63) is 69.4 Å². The van der Waals surface area contributed by atoms with Gasteiger partial charge < -0.3 is 25.2 Å². The molecule has 0 fully saturated rings. The molecule has 0 aliphatic carbocycles. The number of aliphatic hydroxyl groups excluding tert-OH is 1. The lowest BCUT2D eigenvalue weighted by atomic mass is 10.1. The molecule has 11 heteroatoms. The molecule has 3 rings (SSSR count). The first-order chi connectivity index (χ1) is 17.2. The summed E-state index contributed by atoms with van der Waals surface area (Å²) in [5.74, 6) is -2.30. The van der Waals surface area contributed by atoms with Crippen LogP contribution in [0.15, 0.2) is 41.3 Å². The SMILES string of the molecule is COCCN(C)C(=O)Cn1c(=O)c(C(=O)NC(C)CO)c(O)c2ncc(Cc3ccc(F)cc3)cc21. The maximum absolute atomic E-state index is 13.4. The summed E-state index contributed by atoms with van der Waals surface area (Å²) in [6.45, 7) is 1.33. The van der Waals surface area contributed by atoms with Crippen molar-refractivity contribution in [2.24, 2.45) is 0 Å². The number of fused-ring (bicyclic) bond motifs is 1. The van der Waals surface area contributed by atoms with Crippen molar-refractivity contribution in [1.29, 1.82) is 0 Å². The molecule has 1 atom stereocenters. The number of aliphatic hydroxyl groups is 1. The number of carbonyl (C=O) groups is 2. The highest BCUT2D eigenvalue weighted by atomic mass is 19.1. The van der Waals surface area contributed by atoms with Crippen LogP contribution in [0.1, 0.15) is 28.4 Å². The van der Waals surface area contributed by atoms with E-state index in [0.717, 1.165) is 10.1 Å². The lowest BCUT2D eigenvalue weighted by molar-refractivity contribution is -0.131. The van der Waals surface area contributed by atoms with Crippen molar-refractivity contribution < 1.29 is 28.9 Å². The molecular formula is C25H29FN4O6. The van der Waals surface area contributed by atoms with Gasteiger partial charge in [-0.1, -0.05) is 12.1 Å². The third kappa shape index (κ3) is 6.04. The van der Waals surface area contributed by atoms with Gasteiger partial charge in [-0.15, -0.1) is 0 Å². The molecule has 3 aromatic rings. The van der Waals surface area contributed by atoms with E-state index in [4.69, 9.17) is 4.74 Å². The van der Waals surface area contributed by atoms with E-state index in [1.165, 1.54) is 37.3 Å². The zero-order valence-corrected chi connectivity index (χ0v) is 20.3. The third-order valence-corrected chi connectivity index (χ3v) is 5.68. The van der Waals surface area contributed by atoms with Crippen molar-refractivity contribution in [1.82, 2.24) is 19.8 Å². The Morgan fingerprint density at radius 2 is 1.94 bits per heavy atom. The Kier molecular flexibility index (Phi) is 8.73. The zero-order valence-electron chi connectivity index (χ0n) is 20.3. The molecule has 0 saturated heterocycles. The van der Waals surface area contributed by atoms with Crippen LogP contribution in [-0.2, 0) is 22.5 Å². The molecule has 0 radical (unpaired) electrons. The summed E-state index contributed by atoms with van der Waals surface area (Å²) in [4.78, 5) is 44.7. The number of aromatic nitrogens is 2. The molecule has 2 aromatic heterocycles. The number of nitrogens with one attached hydrogen (secondary N) is 1. The van der Waals surface area contributed by atoms with Gasteiger partial charge in [0.2, 0.25) is 5.91 Å². The molecule has 192 valence electrons. The number of likely N-dealkylation sites (N-methyl/N-ethyl adjacent to an activating group) is 1. The van der Waals surface area contributed by atoms with Gasteiger partial charge in [0.25, 0.3) is 11.5 Å². The molecule has 10 nitrogen and oxygen atoms in total. The minimum Gasteiger partial charge on any atom is -0.505 e. The molecule has 1 aromatic carbocycles. The summed E-state index contributed by atoms with van der Waals surface area (Å²) in [5, 5.41) is 22.5. The minimum atomic E-state index is -0.896. The van der Waals surface area contributed by atoms with Crippen molar-refractivity contribution in [3.8, 4) is 5.75 Å². The number of halogens is 1. The summed E-state index contributed by atoms with van der Waals surface area (Å²) < 4.78 is 19.4. The predicted octanol–water partition coefficient (Wildman–Crippen LogP) is 1.05. The largest absolute Gasteiger partial charge is 0.505 e. The maximum Gasteiger partial charge on any atom is 0.268 e. The van der Waals surface area contributed by atoms with Crippen LogP contribution in [0.3, 0.4) is 0 Å². The van der Waals surface area contributed by atoms with Gasteiger partial charge in [-0.2, -0.15) is 0 Å². The summed E-state index contributed by atoms with van der Waals surface area (Å²) >= 11 is 0. The number of pyridine rings is 2. The molecular weight excluding hydrogens is 471 g/mol. The number of ether oxygens (including phenoxy) is 1. The quantitative estimate of drug-likeness (QED) is 0.379. The molecule has 36 heavy (non-hydrogen) atoms. The van der Waals surface area contributed by atoms with E-state index in [-0.39, 0.29) is 30.0 Å². The molecule has 0 aliphatic heterocycles. The van der Waals surface area contributed by atoms with Crippen molar-refractivity contribution in [2.75, 3.05) is 33.9 Å². The van der Waals surface area contributed by atoms with Gasteiger partial charge in [-0.05, 0) is 42.7 Å². The Hall–Kier alpha value is -3.83. The number of carbonyl (C=O) groups excluding carboxylic acids is 2. The van der Waals surface area contributed by atoms with Crippen molar-refractivity contribution in [2.45, 2.75) is 25.9 Å². The normalized spacial score (nSPS) is 11.9. The second-order valence-corrected chi connectivity index (χ2v) is 8.49. The van der Waals surface area contributed by atoms with Gasteiger partial charge in [0.1, 0.15) is 23.4 Å². The van der Waals surface area contributed by atoms with E-state index in [2.05, 4.69) is 10.3 Å². The van der Waals surface area contributed by atoms with Gasteiger partial charge in [-0.25, -0.2) is 4.39 Å². The minimum absolute atomic E-state index is 0.0356. The number of hydrogen-bond donors (Lipinski definition) is 3. The maximum atomic E-state index is 13.4. The van der Waals surface area contributed by atoms with E-state index < -0.39 is 41.3 Å². The van der Waals surface area contributed by atoms with Gasteiger partial charge in [0, 0.05) is 32.9 Å². The fourth-order valence-electron chi connectivity index (χ4n) is 3.59. The fourth-order valence-corrected chi connectivity index (χ4v) is 3.59. The van der Waals surface area contributed by atoms with E-state index in [1.54, 1.807) is 25.2 Å². The Labute approximate surface area is 206 Å². The van der Waals surface area contributed by atoms with Crippen LogP contribution >= 0.6 is 0 Å². The number of aromatic hydroxyl groups is 1. The molecule has 0 aliphatic rings. The average Bonchev–Trinajstić information content (AvgIpc) is 2.86. The Morgan fingerprint density at radius 3 is 2.58 bits per heavy atom. The monoisotopic (exact) mass is 500 g/mol. The molecule has 0 spiro atoms. The Morgan fingerprint density at radius 1 is 1.25 bits per heavy atom. The highest BCUT2D eigenvalue weighted by molar-refractivity contribution is 6.01. The molecule has 3 N–H and O–H groups in total. The Bertz CT molecular complexity index is 1310. The topological polar surface area (TPSA) is 134 Å². The number of methoxy groups -OCH3 is 1. The van der Waals surface area contributed by atoms with Crippen LogP contribution < -0.4 is 10.9 Å². The molecule has 1 unspecified atom stereocenters. The summed E-state index contributed by atoms with van der Waals surface area (Å²) in [6.07, 6.45) is 1.83. The van der Waals surface area contributed by atoms with Gasteiger partial charge >= 0.3 is 0 Å².